The van der Waals surface area contributed by atoms with Crippen molar-refractivity contribution in [1.82, 2.24) is 29.8 Å². The first-order valence-electron chi connectivity index (χ1n) is 9.22. The molecular weight excluding hydrogens is 324 g/mol. The molecule has 0 bridgehead atoms. The van der Waals surface area contributed by atoms with Gasteiger partial charge in [-0.3, -0.25) is 14.9 Å². The number of hydrogen-bond acceptors (Lipinski definition) is 5. The van der Waals surface area contributed by atoms with E-state index in [0.29, 0.717) is 5.92 Å². The zero-order valence-electron chi connectivity index (χ0n) is 15.1. The van der Waals surface area contributed by atoms with Crippen LogP contribution in [0.25, 0.3) is 11.5 Å². The summed E-state index contributed by atoms with van der Waals surface area (Å²) in [5.74, 6) is 1.39. The molecule has 4 rings (SSSR count). The molecule has 0 unspecified atom stereocenters. The van der Waals surface area contributed by atoms with E-state index in [2.05, 4.69) is 42.0 Å². The minimum absolute atomic E-state index is 0.623. The van der Waals surface area contributed by atoms with Crippen molar-refractivity contribution in [2.24, 2.45) is 5.92 Å². The standard InChI is InChI=1S/C20H24N6/c1-15-4-2-6-17(25-15)14-26-9-3-5-16(13-26)10-18-11-24-19(12-23-18)20-21-7-8-22-20/h2,4,6-8,11-12,16H,3,5,9-10,13-14H2,1H3,(H,21,22)/t16-/m1/s1. The third-order valence-electron chi connectivity index (χ3n) is 4.88. The Kier molecular flexibility index (Phi) is 5.02. The van der Waals surface area contributed by atoms with Gasteiger partial charge in [0.15, 0.2) is 5.82 Å². The van der Waals surface area contributed by atoms with Gasteiger partial charge in [-0.25, -0.2) is 9.97 Å². The molecule has 0 radical (unpaired) electrons. The van der Waals surface area contributed by atoms with Gasteiger partial charge in [0.1, 0.15) is 5.69 Å². The van der Waals surface area contributed by atoms with Crippen molar-refractivity contribution < 1.29 is 0 Å². The molecule has 1 N–H and O–H groups in total. The summed E-state index contributed by atoms with van der Waals surface area (Å²) < 4.78 is 0. The van der Waals surface area contributed by atoms with Gasteiger partial charge in [0.2, 0.25) is 0 Å². The number of nitrogens with zero attached hydrogens (tertiary/aromatic N) is 5. The fourth-order valence-electron chi connectivity index (χ4n) is 3.66. The minimum Gasteiger partial charge on any atom is -0.343 e. The molecule has 1 aliphatic heterocycles. The molecule has 134 valence electrons. The fourth-order valence-corrected chi connectivity index (χ4v) is 3.66. The number of likely N-dealkylation sites (tertiary alicyclic amines) is 1. The minimum atomic E-state index is 0.623. The second-order valence-electron chi connectivity index (χ2n) is 7.05. The molecule has 4 heterocycles. The number of rotatable bonds is 5. The molecule has 0 spiro atoms. The summed E-state index contributed by atoms with van der Waals surface area (Å²) in [5.41, 5.74) is 4.09. The van der Waals surface area contributed by atoms with E-state index in [1.807, 2.05) is 25.4 Å². The Balaban J connectivity index is 1.36. The van der Waals surface area contributed by atoms with Crippen molar-refractivity contribution in [3.8, 4) is 11.5 Å². The topological polar surface area (TPSA) is 70.6 Å². The van der Waals surface area contributed by atoms with E-state index in [0.717, 1.165) is 54.7 Å². The maximum Gasteiger partial charge on any atom is 0.157 e. The van der Waals surface area contributed by atoms with Crippen molar-refractivity contribution in [2.75, 3.05) is 13.1 Å². The Morgan fingerprint density at radius 2 is 2.12 bits per heavy atom. The van der Waals surface area contributed by atoms with Crippen LogP contribution in [0.4, 0.5) is 0 Å². The van der Waals surface area contributed by atoms with Gasteiger partial charge < -0.3 is 4.98 Å². The van der Waals surface area contributed by atoms with Gasteiger partial charge in [-0.2, -0.15) is 0 Å². The SMILES string of the molecule is Cc1cccc(CN2CCC[C@H](Cc3cnc(-c4ncc[nH]4)cn3)C2)n1. The number of hydrogen-bond donors (Lipinski definition) is 1. The Hall–Kier alpha value is -2.60. The number of imidazole rings is 1. The van der Waals surface area contributed by atoms with Crippen LogP contribution in [0.3, 0.4) is 0 Å². The Labute approximate surface area is 153 Å². The van der Waals surface area contributed by atoms with E-state index < -0.39 is 0 Å². The van der Waals surface area contributed by atoms with Crippen LogP contribution in [0.15, 0.2) is 43.0 Å². The highest BCUT2D eigenvalue weighted by Gasteiger charge is 2.21. The Bertz CT molecular complexity index is 828. The second kappa shape index (κ2) is 7.74. The van der Waals surface area contributed by atoms with Gasteiger partial charge in [0, 0.05) is 37.4 Å². The van der Waals surface area contributed by atoms with Crippen molar-refractivity contribution in [2.45, 2.75) is 32.7 Å². The van der Waals surface area contributed by atoms with Crippen LogP contribution < -0.4 is 0 Å². The Morgan fingerprint density at radius 3 is 2.88 bits per heavy atom. The van der Waals surface area contributed by atoms with Crippen LogP contribution in [-0.2, 0) is 13.0 Å². The molecule has 26 heavy (non-hydrogen) atoms. The molecular formula is C20H24N6. The third kappa shape index (κ3) is 4.14. The normalized spacial score (nSPS) is 18.1. The number of H-pyrrole nitrogens is 1. The lowest BCUT2D eigenvalue weighted by Gasteiger charge is -2.32. The van der Waals surface area contributed by atoms with E-state index in [1.165, 1.54) is 12.8 Å². The molecule has 0 aromatic carbocycles. The van der Waals surface area contributed by atoms with E-state index >= 15 is 0 Å². The van der Waals surface area contributed by atoms with E-state index in [4.69, 9.17) is 0 Å². The Morgan fingerprint density at radius 1 is 1.15 bits per heavy atom. The highest BCUT2D eigenvalue weighted by Crippen LogP contribution is 2.21. The van der Waals surface area contributed by atoms with Crippen LogP contribution in [-0.4, -0.2) is 42.9 Å². The highest BCUT2D eigenvalue weighted by atomic mass is 15.1. The van der Waals surface area contributed by atoms with Crippen molar-refractivity contribution in [3.63, 3.8) is 0 Å². The van der Waals surface area contributed by atoms with Crippen molar-refractivity contribution in [3.05, 3.63) is 60.1 Å². The van der Waals surface area contributed by atoms with Crippen LogP contribution in [0.2, 0.25) is 0 Å². The summed E-state index contributed by atoms with van der Waals surface area (Å²) in [6.07, 6.45) is 10.7. The summed E-state index contributed by atoms with van der Waals surface area (Å²) in [6.45, 7) is 5.22. The van der Waals surface area contributed by atoms with Gasteiger partial charge in [-0.05, 0) is 50.8 Å². The molecule has 6 nitrogen and oxygen atoms in total. The van der Waals surface area contributed by atoms with Gasteiger partial charge in [0.25, 0.3) is 0 Å². The summed E-state index contributed by atoms with van der Waals surface area (Å²) in [6, 6.07) is 6.26. The highest BCUT2D eigenvalue weighted by molar-refractivity contribution is 5.46. The van der Waals surface area contributed by atoms with E-state index in [1.54, 1.807) is 12.4 Å². The summed E-state index contributed by atoms with van der Waals surface area (Å²) >= 11 is 0. The molecule has 1 atom stereocenters. The lowest BCUT2D eigenvalue weighted by atomic mass is 9.93. The lowest BCUT2D eigenvalue weighted by molar-refractivity contribution is 0.164. The quantitative estimate of drug-likeness (QED) is 0.767. The summed E-state index contributed by atoms with van der Waals surface area (Å²) in [7, 11) is 0. The zero-order chi connectivity index (χ0) is 17.8. The van der Waals surface area contributed by atoms with Crippen LogP contribution in [0.1, 0.15) is 29.9 Å². The molecule has 6 heteroatoms. The maximum atomic E-state index is 4.64. The van der Waals surface area contributed by atoms with E-state index in [9.17, 15) is 0 Å². The van der Waals surface area contributed by atoms with Crippen molar-refractivity contribution >= 4 is 0 Å². The molecule has 0 saturated carbocycles. The average molecular weight is 348 g/mol. The first-order valence-corrected chi connectivity index (χ1v) is 9.22. The van der Waals surface area contributed by atoms with E-state index in [-0.39, 0.29) is 0 Å². The first kappa shape index (κ1) is 16.8. The number of nitrogens with one attached hydrogen (secondary N) is 1. The molecule has 1 saturated heterocycles. The third-order valence-corrected chi connectivity index (χ3v) is 4.88. The number of piperidine rings is 1. The first-order chi connectivity index (χ1) is 12.8. The zero-order valence-corrected chi connectivity index (χ0v) is 15.1. The predicted octanol–water partition coefficient (Wildman–Crippen LogP) is 3.02. The lowest BCUT2D eigenvalue weighted by Crippen LogP contribution is -2.36. The number of aryl methyl sites for hydroxylation is 1. The van der Waals surface area contributed by atoms with Crippen LogP contribution in [0, 0.1) is 12.8 Å². The number of pyridine rings is 1. The van der Waals surface area contributed by atoms with Crippen LogP contribution >= 0.6 is 0 Å². The van der Waals surface area contributed by atoms with Crippen LogP contribution in [0.5, 0.6) is 0 Å². The maximum absolute atomic E-state index is 4.64. The van der Waals surface area contributed by atoms with Gasteiger partial charge in [-0.15, -0.1) is 0 Å². The molecule has 1 aliphatic rings. The second-order valence-corrected chi connectivity index (χ2v) is 7.05. The molecule has 3 aromatic rings. The summed E-state index contributed by atoms with van der Waals surface area (Å²) in [4.78, 5) is 23.5. The number of aromatic nitrogens is 5. The fraction of sp³-hybridized carbons (Fsp3) is 0.400. The smallest absolute Gasteiger partial charge is 0.157 e. The molecule has 0 amide bonds. The van der Waals surface area contributed by atoms with Crippen molar-refractivity contribution in [1.29, 1.82) is 0 Å². The molecule has 1 fully saturated rings. The predicted molar refractivity (Wildman–Crippen MR) is 100 cm³/mol. The van der Waals surface area contributed by atoms with Gasteiger partial charge in [0.05, 0.1) is 17.6 Å². The molecule has 3 aromatic heterocycles. The molecule has 0 aliphatic carbocycles. The largest absolute Gasteiger partial charge is 0.343 e. The average Bonchev–Trinajstić information content (AvgIpc) is 3.17. The van der Waals surface area contributed by atoms with Gasteiger partial charge in [-0.1, -0.05) is 6.07 Å². The van der Waals surface area contributed by atoms with Gasteiger partial charge >= 0.3 is 0 Å². The monoisotopic (exact) mass is 348 g/mol. The number of aromatic amines is 1. The summed E-state index contributed by atoms with van der Waals surface area (Å²) in [5, 5.41) is 0.